The standard InChI is InChI=1S/C11H15NS/c1-9-3-2-4-10(5-9)8-13-11-6-12-7-11/h2-5,11-12H,6-8H2,1H3. The molecule has 2 rings (SSSR count). The van der Waals surface area contributed by atoms with E-state index in [1.165, 1.54) is 24.2 Å². The van der Waals surface area contributed by atoms with Crippen LogP contribution in [-0.2, 0) is 5.75 Å². The summed E-state index contributed by atoms with van der Waals surface area (Å²) < 4.78 is 0. The average Bonchev–Trinajstić information content (AvgIpc) is 2.01. The molecule has 1 aromatic carbocycles. The maximum absolute atomic E-state index is 3.29. The van der Waals surface area contributed by atoms with E-state index in [2.05, 4.69) is 48.3 Å². The van der Waals surface area contributed by atoms with Gasteiger partial charge in [0, 0.05) is 24.1 Å². The molecule has 1 fully saturated rings. The predicted molar refractivity (Wildman–Crippen MR) is 59.1 cm³/mol. The van der Waals surface area contributed by atoms with Crippen molar-refractivity contribution >= 4 is 11.8 Å². The number of rotatable bonds is 3. The Morgan fingerprint density at radius 2 is 2.31 bits per heavy atom. The van der Waals surface area contributed by atoms with Gasteiger partial charge in [-0.15, -0.1) is 0 Å². The Kier molecular flexibility index (Phi) is 2.91. The molecule has 1 saturated heterocycles. The fraction of sp³-hybridized carbons (Fsp3) is 0.455. The van der Waals surface area contributed by atoms with Crippen molar-refractivity contribution in [2.45, 2.75) is 17.9 Å². The fourth-order valence-electron chi connectivity index (χ4n) is 1.40. The van der Waals surface area contributed by atoms with Crippen molar-refractivity contribution in [2.75, 3.05) is 13.1 Å². The molecule has 1 aliphatic heterocycles. The van der Waals surface area contributed by atoms with E-state index >= 15 is 0 Å². The quantitative estimate of drug-likeness (QED) is 0.790. The molecule has 0 radical (unpaired) electrons. The topological polar surface area (TPSA) is 12.0 Å². The van der Waals surface area contributed by atoms with Gasteiger partial charge in [-0.3, -0.25) is 0 Å². The lowest BCUT2D eigenvalue weighted by molar-refractivity contribution is 0.543. The third-order valence-electron chi connectivity index (χ3n) is 2.31. The van der Waals surface area contributed by atoms with Gasteiger partial charge >= 0.3 is 0 Å². The Balaban J connectivity index is 1.86. The zero-order valence-electron chi connectivity index (χ0n) is 7.92. The van der Waals surface area contributed by atoms with E-state index in [1.54, 1.807) is 0 Å². The third-order valence-corrected chi connectivity index (χ3v) is 3.62. The number of aryl methyl sites for hydroxylation is 1. The largest absolute Gasteiger partial charge is 0.314 e. The minimum Gasteiger partial charge on any atom is -0.314 e. The molecule has 1 N–H and O–H groups in total. The zero-order valence-corrected chi connectivity index (χ0v) is 8.73. The molecule has 70 valence electrons. The number of nitrogens with one attached hydrogen (secondary N) is 1. The first-order valence-corrected chi connectivity index (χ1v) is 5.77. The van der Waals surface area contributed by atoms with E-state index in [0.717, 1.165) is 11.0 Å². The normalized spacial score (nSPS) is 17.0. The summed E-state index contributed by atoms with van der Waals surface area (Å²) in [6, 6.07) is 8.79. The Hall–Kier alpha value is -0.470. The van der Waals surface area contributed by atoms with Crippen LogP contribution in [0.25, 0.3) is 0 Å². The number of hydrogen-bond donors (Lipinski definition) is 1. The van der Waals surface area contributed by atoms with Crippen LogP contribution < -0.4 is 5.32 Å². The Bertz CT molecular complexity index is 281. The second-order valence-corrected chi connectivity index (χ2v) is 4.87. The molecule has 1 aliphatic rings. The molecular formula is C11H15NS. The lowest BCUT2D eigenvalue weighted by Gasteiger charge is -2.26. The molecule has 0 amide bonds. The van der Waals surface area contributed by atoms with Crippen LogP contribution in [-0.4, -0.2) is 18.3 Å². The fourth-order valence-corrected chi connectivity index (χ4v) is 2.48. The summed E-state index contributed by atoms with van der Waals surface area (Å²) in [4.78, 5) is 0. The van der Waals surface area contributed by atoms with Crippen LogP contribution in [0.2, 0.25) is 0 Å². The van der Waals surface area contributed by atoms with Gasteiger partial charge in [0.15, 0.2) is 0 Å². The average molecular weight is 193 g/mol. The van der Waals surface area contributed by atoms with Crippen LogP contribution in [0.3, 0.4) is 0 Å². The SMILES string of the molecule is Cc1cccc(CSC2CNC2)c1. The molecule has 0 saturated carbocycles. The summed E-state index contributed by atoms with van der Waals surface area (Å²) >= 11 is 2.06. The van der Waals surface area contributed by atoms with Gasteiger partial charge < -0.3 is 5.32 Å². The first kappa shape index (κ1) is 9.10. The van der Waals surface area contributed by atoms with Gasteiger partial charge in [0.25, 0.3) is 0 Å². The van der Waals surface area contributed by atoms with Gasteiger partial charge in [-0.2, -0.15) is 11.8 Å². The molecule has 2 heteroatoms. The summed E-state index contributed by atoms with van der Waals surface area (Å²) in [6.07, 6.45) is 0. The third kappa shape index (κ3) is 2.48. The van der Waals surface area contributed by atoms with Crippen LogP contribution in [0, 0.1) is 6.92 Å². The van der Waals surface area contributed by atoms with Gasteiger partial charge in [0.2, 0.25) is 0 Å². The highest BCUT2D eigenvalue weighted by atomic mass is 32.2. The molecule has 1 nitrogen and oxygen atoms in total. The van der Waals surface area contributed by atoms with Gasteiger partial charge in [0.1, 0.15) is 0 Å². The molecule has 1 heterocycles. The summed E-state index contributed by atoms with van der Waals surface area (Å²) in [5.74, 6) is 1.16. The van der Waals surface area contributed by atoms with E-state index in [9.17, 15) is 0 Å². The molecule has 0 bridgehead atoms. The minimum absolute atomic E-state index is 0.848. The summed E-state index contributed by atoms with van der Waals surface area (Å²) in [5.41, 5.74) is 2.82. The molecule has 0 unspecified atom stereocenters. The van der Waals surface area contributed by atoms with Gasteiger partial charge in [-0.25, -0.2) is 0 Å². The smallest absolute Gasteiger partial charge is 0.0300 e. The van der Waals surface area contributed by atoms with Gasteiger partial charge in [0.05, 0.1) is 0 Å². The van der Waals surface area contributed by atoms with Crippen LogP contribution in [0.4, 0.5) is 0 Å². The molecule has 1 aromatic rings. The predicted octanol–water partition coefficient (Wildman–Crippen LogP) is 2.20. The number of hydrogen-bond acceptors (Lipinski definition) is 2. The highest BCUT2D eigenvalue weighted by Crippen LogP contribution is 2.20. The van der Waals surface area contributed by atoms with Crippen molar-refractivity contribution in [1.29, 1.82) is 0 Å². The molecular weight excluding hydrogens is 178 g/mol. The van der Waals surface area contributed by atoms with Crippen LogP contribution in [0.15, 0.2) is 24.3 Å². The zero-order chi connectivity index (χ0) is 9.10. The first-order valence-electron chi connectivity index (χ1n) is 4.72. The maximum Gasteiger partial charge on any atom is 0.0300 e. The van der Waals surface area contributed by atoms with Crippen molar-refractivity contribution in [3.63, 3.8) is 0 Å². The Labute approximate surface area is 83.9 Å². The van der Waals surface area contributed by atoms with Crippen LogP contribution in [0.1, 0.15) is 11.1 Å². The molecule has 0 atom stereocenters. The number of thioether (sulfide) groups is 1. The van der Waals surface area contributed by atoms with Crippen molar-refractivity contribution < 1.29 is 0 Å². The second-order valence-electron chi connectivity index (χ2n) is 3.58. The Morgan fingerprint density at radius 1 is 1.46 bits per heavy atom. The molecule has 13 heavy (non-hydrogen) atoms. The highest BCUT2D eigenvalue weighted by molar-refractivity contribution is 7.99. The van der Waals surface area contributed by atoms with E-state index in [1.807, 2.05) is 0 Å². The second kappa shape index (κ2) is 4.16. The highest BCUT2D eigenvalue weighted by Gasteiger charge is 2.16. The summed E-state index contributed by atoms with van der Waals surface area (Å²) in [7, 11) is 0. The summed E-state index contributed by atoms with van der Waals surface area (Å²) in [6.45, 7) is 4.53. The Morgan fingerprint density at radius 3 is 2.92 bits per heavy atom. The molecule has 0 aromatic heterocycles. The van der Waals surface area contributed by atoms with Crippen LogP contribution in [0.5, 0.6) is 0 Å². The van der Waals surface area contributed by atoms with E-state index in [-0.39, 0.29) is 0 Å². The number of benzene rings is 1. The van der Waals surface area contributed by atoms with E-state index in [0.29, 0.717) is 0 Å². The maximum atomic E-state index is 3.29. The van der Waals surface area contributed by atoms with Crippen molar-refractivity contribution in [1.82, 2.24) is 5.32 Å². The molecule has 0 spiro atoms. The van der Waals surface area contributed by atoms with Crippen molar-refractivity contribution in [3.05, 3.63) is 35.4 Å². The molecule has 0 aliphatic carbocycles. The van der Waals surface area contributed by atoms with E-state index < -0.39 is 0 Å². The lowest BCUT2D eigenvalue weighted by Crippen LogP contribution is -2.44. The monoisotopic (exact) mass is 193 g/mol. The minimum atomic E-state index is 0.848. The van der Waals surface area contributed by atoms with Crippen LogP contribution >= 0.6 is 11.8 Å². The van der Waals surface area contributed by atoms with Gasteiger partial charge in [-0.05, 0) is 12.5 Å². The summed E-state index contributed by atoms with van der Waals surface area (Å²) in [5, 5.41) is 4.14. The van der Waals surface area contributed by atoms with Crippen molar-refractivity contribution in [3.8, 4) is 0 Å². The van der Waals surface area contributed by atoms with Crippen molar-refractivity contribution in [2.24, 2.45) is 0 Å². The van der Waals surface area contributed by atoms with E-state index in [4.69, 9.17) is 0 Å². The first-order chi connectivity index (χ1) is 6.34. The lowest BCUT2D eigenvalue weighted by atomic mass is 10.2. The van der Waals surface area contributed by atoms with Gasteiger partial charge in [-0.1, -0.05) is 29.8 Å².